The van der Waals surface area contributed by atoms with Gasteiger partial charge in [-0.15, -0.1) is 0 Å². The minimum absolute atomic E-state index is 0.0656. The van der Waals surface area contributed by atoms with Crippen molar-refractivity contribution >= 4 is 10.0 Å². The maximum atomic E-state index is 11.2. The standard InChI is InChI=1S/C8H19NO5S/c1-13-5-6-15(11,12)9-4-3-8(10)7-14-2/h8-10H,3-7H2,1-2H3. The van der Waals surface area contributed by atoms with Crippen molar-refractivity contribution in [2.45, 2.75) is 12.5 Å². The average Bonchev–Trinajstić information content (AvgIpc) is 2.15. The van der Waals surface area contributed by atoms with Crippen LogP contribution in [0.2, 0.25) is 0 Å². The predicted molar refractivity (Wildman–Crippen MR) is 56.2 cm³/mol. The summed E-state index contributed by atoms with van der Waals surface area (Å²) in [5.74, 6) is -0.0656. The van der Waals surface area contributed by atoms with Crippen molar-refractivity contribution in [2.24, 2.45) is 0 Å². The van der Waals surface area contributed by atoms with Gasteiger partial charge in [0.15, 0.2) is 0 Å². The summed E-state index contributed by atoms with van der Waals surface area (Å²) in [5, 5.41) is 9.24. The molecule has 1 unspecified atom stereocenters. The lowest BCUT2D eigenvalue weighted by Gasteiger charge is -2.10. The van der Waals surface area contributed by atoms with Crippen molar-refractivity contribution < 1.29 is 23.0 Å². The van der Waals surface area contributed by atoms with Crippen LogP contribution >= 0.6 is 0 Å². The number of aliphatic hydroxyl groups excluding tert-OH is 1. The highest BCUT2D eigenvalue weighted by molar-refractivity contribution is 7.89. The monoisotopic (exact) mass is 241 g/mol. The number of nitrogens with one attached hydrogen (secondary N) is 1. The lowest BCUT2D eigenvalue weighted by molar-refractivity contribution is 0.0603. The van der Waals surface area contributed by atoms with E-state index in [1.54, 1.807) is 0 Å². The third-order valence-corrected chi connectivity index (χ3v) is 3.06. The van der Waals surface area contributed by atoms with E-state index in [1.807, 2.05) is 0 Å². The van der Waals surface area contributed by atoms with Crippen LogP contribution < -0.4 is 4.72 Å². The molecule has 0 bridgehead atoms. The predicted octanol–water partition coefficient (Wildman–Crippen LogP) is -1.05. The van der Waals surface area contributed by atoms with Crippen LogP contribution in [-0.2, 0) is 19.5 Å². The number of ether oxygens (including phenoxy) is 2. The third kappa shape index (κ3) is 8.76. The molecule has 0 aromatic carbocycles. The number of hydrogen-bond acceptors (Lipinski definition) is 5. The first-order valence-electron chi connectivity index (χ1n) is 4.65. The summed E-state index contributed by atoms with van der Waals surface area (Å²) >= 11 is 0. The summed E-state index contributed by atoms with van der Waals surface area (Å²) in [6, 6.07) is 0. The summed E-state index contributed by atoms with van der Waals surface area (Å²) < 4.78 is 34.2. The van der Waals surface area contributed by atoms with E-state index < -0.39 is 16.1 Å². The van der Waals surface area contributed by atoms with Gasteiger partial charge in [0.1, 0.15) is 0 Å². The Balaban J connectivity index is 3.65. The van der Waals surface area contributed by atoms with Crippen LogP contribution in [0.15, 0.2) is 0 Å². The van der Waals surface area contributed by atoms with E-state index in [0.717, 1.165) is 0 Å². The number of hydrogen-bond donors (Lipinski definition) is 2. The van der Waals surface area contributed by atoms with Gasteiger partial charge in [-0.25, -0.2) is 13.1 Å². The van der Waals surface area contributed by atoms with E-state index in [2.05, 4.69) is 9.46 Å². The Bertz CT molecular complexity index is 241. The second kappa shape index (κ2) is 8.00. The van der Waals surface area contributed by atoms with E-state index in [1.165, 1.54) is 14.2 Å². The van der Waals surface area contributed by atoms with Crippen LogP contribution in [0.5, 0.6) is 0 Å². The van der Waals surface area contributed by atoms with Crippen LogP contribution in [0.1, 0.15) is 6.42 Å². The minimum Gasteiger partial charge on any atom is -0.391 e. The maximum absolute atomic E-state index is 11.2. The Labute approximate surface area is 90.6 Å². The fraction of sp³-hybridized carbons (Fsp3) is 1.00. The number of methoxy groups -OCH3 is 2. The zero-order valence-corrected chi connectivity index (χ0v) is 9.92. The molecule has 0 rings (SSSR count). The fourth-order valence-electron chi connectivity index (χ4n) is 0.922. The molecule has 0 aliphatic rings. The van der Waals surface area contributed by atoms with Gasteiger partial charge in [0, 0.05) is 20.8 Å². The lowest BCUT2D eigenvalue weighted by atomic mass is 10.3. The highest BCUT2D eigenvalue weighted by Crippen LogP contribution is 1.92. The molecule has 6 nitrogen and oxygen atoms in total. The fourth-order valence-corrected chi connectivity index (χ4v) is 1.88. The van der Waals surface area contributed by atoms with Crippen LogP contribution in [-0.4, -0.2) is 59.4 Å². The molecule has 0 aromatic rings. The molecule has 0 saturated heterocycles. The second-order valence-corrected chi connectivity index (χ2v) is 5.03. The Morgan fingerprint density at radius 1 is 1.33 bits per heavy atom. The van der Waals surface area contributed by atoms with Gasteiger partial charge in [-0.2, -0.15) is 0 Å². The lowest BCUT2D eigenvalue weighted by Crippen LogP contribution is -2.31. The van der Waals surface area contributed by atoms with Crippen LogP contribution in [0, 0.1) is 0 Å². The summed E-state index contributed by atoms with van der Waals surface area (Å²) in [4.78, 5) is 0. The van der Waals surface area contributed by atoms with Crippen molar-refractivity contribution in [3.63, 3.8) is 0 Å². The number of sulfonamides is 1. The Kier molecular flexibility index (Phi) is 7.89. The highest BCUT2D eigenvalue weighted by Gasteiger charge is 2.10. The van der Waals surface area contributed by atoms with Crippen LogP contribution in [0.4, 0.5) is 0 Å². The number of rotatable bonds is 9. The van der Waals surface area contributed by atoms with Gasteiger partial charge in [0.2, 0.25) is 10.0 Å². The summed E-state index contributed by atoms with van der Waals surface area (Å²) in [6.45, 7) is 0.576. The van der Waals surface area contributed by atoms with E-state index >= 15 is 0 Å². The first-order valence-corrected chi connectivity index (χ1v) is 6.30. The topological polar surface area (TPSA) is 84.9 Å². The van der Waals surface area contributed by atoms with Gasteiger partial charge in [-0.3, -0.25) is 0 Å². The zero-order chi connectivity index (χ0) is 11.7. The Morgan fingerprint density at radius 2 is 2.00 bits per heavy atom. The molecule has 0 amide bonds. The second-order valence-electron chi connectivity index (χ2n) is 3.10. The zero-order valence-electron chi connectivity index (χ0n) is 9.10. The molecule has 0 aliphatic heterocycles. The molecule has 1 atom stereocenters. The summed E-state index contributed by atoms with van der Waals surface area (Å²) in [5.41, 5.74) is 0. The molecule has 0 spiro atoms. The van der Waals surface area contributed by atoms with Gasteiger partial charge >= 0.3 is 0 Å². The first kappa shape index (κ1) is 14.8. The van der Waals surface area contributed by atoms with Gasteiger partial charge in [-0.1, -0.05) is 0 Å². The quantitative estimate of drug-likeness (QED) is 0.538. The smallest absolute Gasteiger partial charge is 0.213 e. The molecule has 0 aliphatic carbocycles. The number of aliphatic hydroxyl groups is 1. The molecule has 2 N–H and O–H groups in total. The molecule has 0 radical (unpaired) electrons. The largest absolute Gasteiger partial charge is 0.391 e. The molecular formula is C8H19NO5S. The van der Waals surface area contributed by atoms with Gasteiger partial charge in [0.05, 0.1) is 25.1 Å². The maximum Gasteiger partial charge on any atom is 0.213 e. The van der Waals surface area contributed by atoms with Crippen molar-refractivity contribution in [1.82, 2.24) is 4.72 Å². The first-order chi connectivity index (χ1) is 7.02. The highest BCUT2D eigenvalue weighted by atomic mass is 32.2. The van der Waals surface area contributed by atoms with E-state index in [9.17, 15) is 13.5 Å². The van der Waals surface area contributed by atoms with E-state index in [0.29, 0.717) is 6.42 Å². The van der Waals surface area contributed by atoms with Crippen LogP contribution in [0.3, 0.4) is 0 Å². The molecule has 15 heavy (non-hydrogen) atoms. The Hall–Kier alpha value is -0.210. The average molecular weight is 241 g/mol. The normalized spacial score (nSPS) is 14.1. The van der Waals surface area contributed by atoms with Gasteiger partial charge < -0.3 is 14.6 Å². The van der Waals surface area contributed by atoms with E-state index in [-0.39, 0.29) is 25.5 Å². The Morgan fingerprint density at radius 3 is 2.53 bits per heavy atom. The van der Waals surface area contributed by atoms with Crippen LogP contribution in [0.25, 0.3) is 0 Å². The van der Waals surface area contributed by atoms with Crippen molar-refractivity contribution in [3.8, 4) is 0 Å². The molecule has 7 heteroatoms. The molecule has 0 heterocycles. The molecule has 0 saturated carbocycles. The minimum atomic E-state index is -3.28. The summed E-state index contributed by atoms with van der Waals surface area (Å²) in [6.07, 6.45) is -0.305. The van der Waals surface area contributed by atoms with Gasteiger partial charge in [-0.05, 0) is 6.42 Å². The van der Waals surface area contributed by atoms with Crippen molar-refractivity contribution in [2.75, 3.05) is 39.7 Å². The molecule has 0 fully saturated rings. The molecule has 92 valence electrons. The van der Waals surface area contributed by atoms with Gasteiger partial charge in [0.25, 0.3) is 0 Å². The summed E-state index contributed by atoms with van der Waals surface area (Å²) in [7, 11) is -0.361. The van der Waals surface area contributed by atoms with Crippen molar-refractivity contribution in [1.29, 1.82) is 0 Å². The molecular weight excluding hydrogens is 222 g/mol. The SMILES string of the molecule is COCCS(=O)(=O)NCCC(O)COC. The van der Waals surface area contributed by atoms with E-state index in [4.69, 9.17) is 4.74 Å². The third-order valence-electron chi connectivity index (χ3n) is 1.71. The van der Waals surface area contributed by atoms with Crippen molar-refractivity contribution in [3.05, 3.63) is 0 Å². The molecule has 0 aromatic heterocycles.